The molecule has 5 nitrogen and oxygen atoms in total. The molecule has 1 unspecified atom stereocenters. The first-order valence-electron chi connectivity index (χ1n) is 6.41. The Labute approximate surface area is 109 Å². The Balaban J connectivity index is 4.09. The van der Waals surface area contributed by atoms with Crippen LogP contribution in [-0.4, -0.2) is 29.7 Å². The molecule has 0 aromatic carbocycles. The van der Waals surface area contributed by atoms with Gasteiger partial charge in [-0.15, -0.1) is 0 Å². The first-order chi connectivity index (χ1) is 8.14. The molecule has 0 saturated carbocycles. The Morgan fingerprint density at radius 1 is 1.22 bits per heavy atom. The van der Waals surface area contributed by atoms with E-state index >= 15 is 0 Å². The minimum atomic E-state index is -1.01. The summed E-state index contributed by atoms with van der Waals surface area (Å²) in [5.74, 6) is -0.406. The first kappa shape index (κ1) is 16.7. The normalized spacial score (nSPS) is 13.2. The number of urea groups is 1. The van der Waals surface area contributed by atoms with E-state index in [1.807, 2.05) is 0 Å². The van der Waals surface area contributed by atoms with Crippen LogP contribution in [0.15, 0.2) is 0 Å². The maximum absolute atomic E-state index is 11.6. The maximum atomic E-state index is 11.6. The van der Waals surface area contributed by atoms with Crippen LogP contribution < -0.4 is 10.6 Å². The van der Waals surface area contributed by atoms with Gasteiger partial charge in [0.25, 0.3) is 0 Å². The van der Waals surface area contributed by atoms with Gasteiger partial charge in [0.2, 0.25) is 0 Å². The molecule has 0 radical (unpaired) electrons. The van der Waals surface area contributed by atoms with E-state index in [2.05, 4.69) is 24.5 Å². The van der Waals surface area contributed by atoms with Crippen molar-refractivity contribution in [3.63, 3.8) is 0 Å². The van der Waals surface area contributed by atoms with Crippen LogP contribution in [0.5, 0.6) is 0 Å². The predicted octanol–water partition coefficient (Wildman–Crippen LogP) is 2.22. The van der Waals surface area contributed by atoms with Gasteiger partial charge in [-0.05, 0) is 24.2 Å². The number of amides is 2. The molecule has 0 aliphatic heterocycles. The lowest BCUT2D eigenvalue weighted by molar-refractivity contribution is -0.141. The largest absolute Gasteiger partial charge is 0.480 e. The molecule has 5 heteroatoms. The SMILES string of the molecule is CC(C)CCCNC(=O)NC(C(=O)O)C(C)(C)C. The van der Waals surface area contributed by atoms with E-state index in [1.165, 1.54) is 0 Å². The second kappa shape index (κ2) is 7.24. The number of aliphatic carboxylic acids is 1. The molecule has 0 fully saturated rings. The average molecular weight is 258 g/mol. The van der Waals surface area contributed by atoms with E-state index in [0.717, 1.165) is 12.8 Å². The summed E-state index contributed by atoms with van der Waals surface area (Å²) < 4.78 is 0. The van der Waals surface area contributed by atoms with Gasteiger partial charge in [0, 0.05) is 6.54 Å². The van der Waals surface area contributed by atoms with Crippen molar-refractivity contribution in [1.82, 2.24) is 10.6 Å². The van der Waals surface area contributed by atoms with Gasteiger partial charge in [0.05, 0.1) is 0 Å². The van der Waals surface area contributed by atoms with E-state index in [-0.39, 0.29) is 0 Å². The molecule has 18 heavy (non-hydrogen) atoms. The first-order valence-corrected chi connectivity index (χ1v) is 6.41. The smallest absolute Gasteiger partial charge is 0.326 e. The Kier molecular flexibility index (Phi) is 6.73. The lowest BCUT2D eigenvalue weighted by atomic mass is 9.87. The summed E-state index contributed by atoms with van der Waals surface area (Å²) in [5, 5.41) is 14.2. The highest BCUT2D eigenvalue weighted by Gasteiger charge is 2.32. The maximum Gasteiger partial charge on any atom is 0.326 e. The molecule has 0 aliphatic carbocycles. The van der Waals surface area contributed by atoms with E-state index < -0.39 is 23.5 Å². The fourth-order valence-corrected chi connectivity index (χ4v) is 1.54. The fraction of sp³-hybridized carbons (Fsp3) is 0.846. The van der Waals surface area contributed by atoms with Gasteiger partial charge in [0.1, 0.15) is 6.04 Å². The van der Waals surface area contributed by atoms with Crippen molar-refractivity contribution in [2.45, 2.75) is 53.5 Å². The van der Waals surface area contributed by atoms with Crippen LogP contribution >= 0.6 is 0 Å². The van der Waals surface area contributed by atoms with Crippen LogP contribution in [0.1, 0.15) is 47.5 Å². The topological polar surface area (TPSA) is 78.4 Å². The van der Waals surface area contributed by atoms with Crippen molar-refractivity contribution in [3.05, 3.63) is 0 Å². The Morgan fingerprint density at radius 2 is 1.78 bits per heavy atom. The third-order valence-electron chi connectivity index (χ3n) is 2.63. The van der Waals surface area contributed by atoms with E-state index in [4.69, 9.17) is 5.11 Å². The molecule has 0 spiro atoms. The lowest BCUT2D eigenvalue weighted by Gasteiger charge is -2.27. The minimum absolute atomic E-state index is 0.416. The van der Waals surface area contributed by atoms with Crippen molar-refractivity contribution in [2.75, 3.05) is 6.54 Å². The zero-order chi connectivity index (χ0) is 14.3. The highest BCUT2D eigenvalue weighted by Crippen LogP contribution is 2.19. The molecule has 0 saturated heterocycles. The Bertz CT molecular complexity index is 282. The summed E-state index contributed by atoms with van der Waals surface area (Å²) in [7, 11) is 0. The fourth-order valence-electron chi connectivity index (χ4n) is 1.54. The van der Waals surface area contributed by atoms with Gasteiger partial charge in [-0.2, -0.15) is 0 Å². The van der Waals surface area contributed by atoms with Crippen LogP contribution in [0.3, 0.4) is 0 Å². The number of carbonyl (C=O) groups is 2. The highest BCUT2D eigenvalue weighted by atomic mass is 16.4. The van der Waals surface area contributed by atoms with Crippen molar-refractivity contribution in [1.29, 1.82) is 0 Å². The monoisotopic (exact) mass is 258 g/mol. The van der Waals surface area contributed by atoms with Crippen LogP contribution in [0.2, 0.25) is 0 Å². The summed E-state index contributed by atoms with van der Waals surface area (Å²) in [6.45, 7) is 10.2. The van der Waals surface area contributed by atoms with Crippen LogP contribution in [-0.2, 0) is 4.79 Å². The van der Waals surface area contributed by atoms with Crippen LogP contribution in [0.25, 0.3) is 0 Å². The summed E-state index contributed by atoms with van der Waals surface area (Å²) in [6.07, 6.45) is 1.94. The molecular formula is C13H26N2O3. The van der Waals surface area contributed by atoms with E-state index in [1.54, 1.807) is 20.8 Å². The molecule has 1 atom stereocenters. The number of carboxylic acids is 1. The third kappa shape index (κ3) is 7.14. The van der Waals surface area contributed by atoms with Gasteiger partial charge in [0.15, 0.2) is 0 Å². The zero-order valence-corrected chi connectivity index (χ0v) is 12.0. The number of hydrogen-bond acceptors (Lipinski definition) is 2. The van der Waals surface area contributed by atoms with Gasteiger partial charge in [-0.3, -0.25) is 0 Å². The van der Waals surface area contributed by atoms with Gasteiger partial charge in [-0.1, -0.05) is 34.6 Å². The van der Waals surface area contributed by atoms with E-state index in [0.29, 0.717) is 12.5 Å². The predicted molar refractivity (Wildman–Crippen MR) is 71.5 cm³/mol. The number of nitrogens with one attached hydrogen (secondary N) is 2. The number of rotatable bonds is 6. The quantitative estimate of drug-likeness (QED) is 0.639. The lowest BCUT2D eigenvalue weighted by Crippen LogP contribution is -2.52. The Hall–Kier alpha value is -1.26. The molecule has 0 aromatic heterocycles. The molecule has 0 aromatic rings. The van der Waals surface area contributed by atoms with Crippen molar-refractivity contribution in [3.8, 4) is 0 Å². The van der Waals surface area contributed by atoms with Crippen molar-refractivity contribution < 1.29 is 14.7 Å². The zero-order valence-electron chi connectivity index (χ0n) is 12.0. The van der Waals surface area contributed by atoms with Gasteiger partial charge < -0.3 is 15.7 Å². The molecule has 0 rings (SSSR count). The second-order valence-corrected chi connectivity index (χ2v) is 6.07. The standard InChI is InChI=1S/C13H26N2O3/c1-9(2)7-6-8-14-12(18)15-10(11(16)17)13(3,4)5/h9-10H,6-8H2,1-5H3,(H,16,17)(H2,14,15,18). The average Bonchev–Trinajstić information content (AvgIpc) is 2.18. The molecule has 0 bridgehead atoms. The van der Waals surface area contributed by atoms with Crippen LogP contribution in [0.4, 0.5) is 4.79 Å². The van der Waals surface area contributed by atoms with Crippen molar-refractivity contribution in [2.24, 2.45) is 11.3 Å². The van der Waals surface area contributed by atoms with Gasteiger partial charge in [-0.25, -0.2) is 9.59 Å². The summed E-state index contributed by atoms with van der Waals surface area (Å²) in [4.78, 5) is 22.6. The molecular weight excluding hydrogens is 232 g/mol. The van der Waals surface area contributed by atoms with E-state index in [9.17, 15) is 9.59 Å². The molecule has 106 valence electrons. The van der Waals surface area contributed by atoms with Crippen molar-refractivity contribution >= 4 is 12.0 Å². The van der Waals surface area contributed by atoms with Gasteiger partial charge >= 0.3 is 12.0 Å². The summed E-state index contributed by atoms with van der Waals surface area (Å²) >= 11 is 0. The second-order valence-electron chi connectivity index (χ2n) is 6.07. The number of carboxylic acid groups (broad SMARTS) is 1. The molecule has 2 amide bonds. The number of carbonyl (C=O) groups excluding carboxylic acids is 1. The van der Waals surface area contributed by atoms with Crippen LogP contribution in [0, 0.1) is 11.3 Å². The Morgan fingerprint density at radius 3 is 2.17 bits per heavy atom. The molecule has 0 aliphatic rings. The molecule has 3 N–H and O–H groups in total. The third-order valence-corrected chi connectivity index (χ3v) is 2.63. The summed E-state index contributed by atoms with van der Waals surface area (Å²) in [5.41, 5.74) is -0.513. The highest BCUT2D eigenvalue weighted by molar-refractivity contribution is 5.83. The number of hydrogen-bond donors (Lipinski definition) is 3. The minimum Gasteiger partial charge on any atom is -0.480 e. The summed E-state index contributed by atoms with van der Waals surface area (Å²) in [6, 6.07) is -1.30. The molecule has 0 heterocycles.